The number of benzene rings is 1. The number of rotatable bonds is 9. The van der Waals surface area contributed by atoms with Gasteiger partial charge in [-0.2, -0.15) is 0 Å². The first-order chi connectivity index (χ1) is 14.7. The Morgan fingerprint density at radius 3 is 2.37 bits per heavy atom. The topological polar surface area (TPSA) is 89.7 Å². The molecule has 0 bridgehead atoms. The van der Waals surface area contributed by atoms with Crippen LogP contribution in [-0.4, -0.2) is 61.4 Å². The Morgan fingerprint density at radius 2 is 1.73 bits per heavy atom. The number of nitrogens with zero attached hydrogens (tertiary/aromatic N) is 3. The van der Waals surface area contributed by atoms with Crippen LogP contribution in [0.2, 0.25) is 0 Å². The summed E-state index contributed by atoms with van der Waals surface area (Å²) in [4.78, 5) is 14.5. The zero-order valence-electron chi connectivity index (χ0n) is 17.7. The van der Waals surface area contributed by atoms with Crippen LogP contribution in [0.25, 0.3) is 0 Å². The van der Waals surface area contributed by atoms with E-state index in [1.54, 1.807) is 14.2 Å². The molecule has 0 radical (unpaired) electrons. The Hall–Kier alpha value is -2.61. The van der Waals surface area contributed by atoms with Crippen molar-refractivity contribution in [3.63, 3.8) is 0 Å². The molecule has 1 saturated carbocycles. The number of aromatic nitrogens is 2. The van der Waals surface area contributed by atoms with Gasteiger partial charge in [0.1, 0.15) is 0 Å². The lowest BCUT2D eigenvalue weighted by Gasteiger charge is -2.29. The van der Waals surface area contributed by atoms with Gasteiger partial charge >= 0.3 is 0 Å². The van der Waals surface area contributed by atoms with Crippen molar-refractivity contribution in [3.8, 4) is 11.5 Å². The van der Waals surface area contributed by atoms with Crippen molar-refractivity contribution in [3.05, 3.63) is 35.5 Å². The van der Waals surface area contributed by atoms with Crippen LogP contribution < -0.4 is 14.8 Å². The van der Waals surface area contributed by atoms with Crippen molar-refractivity contribution in [2.45, 2.75) is 43.9 Å². The van der Waals surface area contributed by atoms with Gasteiger partial charge in [0.15, 0.2) is 11.5 Å². The number of nitrogens with one attached hydrogen (secondary N) is 1. The quantitative estimate of drug-likeness (QED) is 0.674. The third kappa shape index (κ3) is 5.11. The predicted molar refractivity (Wildman–Crippen MR) is 111 cm³/mol. The Labute approximate surface area is 176 Å². The van der Waals surface area contributed by atoms with Crippen LogP contribution in [0.5, 0.6) is 11.5 Å². The molecule has 1 N–H and O–H groups in total. The summed E-state index contributed by atoms with van der Waals surface area (Å²) in [5, 5.41) is 11.5. The summed E-state index contributed by atoms with van der Waals surface area (Å²) in [7, 11) is 3.24. The third-order valence-electron chi connectivity index (χ3n) is 5.87. The summed E-state index contributed by atoms with van der Waals surface area (Å²) in [5.41, 5.74) is 1.10. The van der Waals surface area contributed by atoms with Crippen molar-refractivity contribution in [2.24, 2.45) is 0 Å². The van der Waals surface area contributed by atoms with E-state index < -0.39 is 0 Å². The minimum Gasteiger partial charge on any atom is -0.493 e. The second-order valence-corrected chi connectivity index (χ2v) is 8.09. The monoisotopic (exact) mass is 414 g/mol. The minimum atomic E-state index is 0.0581. The van der Waals surface area contributed by atoms with Crippen LogP contribution >= 0.6 is 0 Å². The molecule has 8 nitrogen and oxygen atoms in total. The van der Waals surface area contributed by atoms with E-state index in [4.69, 9.17) is 13.9 Å². The molecule has 1 saturated heterocycles. The number of amides is 1. The second-order valence-electron chi connectivity index (χ2n) is 8.09. The van der Waals surface area contributed by atoms with Crippen LogP contribution in [0.1, 0.15) is 54.9 Å². The van der Waals surface area contributed by atoms with Gasteiger partial charge < -0.3 is 19.2 Å². The van der Waals surface area contributed by atoms with Crippen molar-refractivity contribution in [1.82, 2.24) is 20.4 Å². The van der Waals surface area contributed by atoms with Gasteiger partial charge in [-0.15, -0.1) is 10.2 Å². The third-order valence-corrected chi connectivity index (χ3v) is 5.87. The fourth-order valence-electron chi connectivity index (χ4n) is 3.89. The van der Waals surface area contributed by atoms with E-state index in [-0.39, 0.29) is 5.91 Å². The number of ether oxygens (including phenoxy) is 2. The molecule has 2 fully saturated rings. The highest BCUT2D eigenvalue weighted by Crippen LogP contribution is 2.40. The van der Waals surface area contributed by atoms with Gasteiger partial charge in [-0.25, -0.2) is 0 Å². The molecule has 30 heavy (non-hydrogen) atoms. The first-order valence-corrected chi connectivity index (χ1v) is 10.7. The summed E-state index contributed by atoms with van der Waals surface area (Å²) < 4.78 is 16.4. The zero-order chi connectivity index (χ0) is 20.9. The van der Waals surface area contributed by atoms with Crippen molar-refractivity contribution >= 4 is 5.91 Å². The fourth-order valence-corrected chi connectivity index (χ4v) is 3.89. The van der Waals surface area contributed by atoms with Gasteiger partial charge in [0.2, 0.25) is 17.7 Å². The minimum absolute atomic E-state index is 0.0581. The number of carbonyl (C=O) groups excluding carboxylic acids is 1. The van der Waals surface area contributed by atoms with E-state index >= 15 is 0 Å². The number of piperidine rings is 1. The molecule has 2 heterocycles. The zero-order valence-corrected chi connectivity index (χ0v) is 17.7. The molecule has 8 heteroatoms. The molecule has 2 aromatic rings. The highest BCUT2D eigenvalue weighted by Gasteiger charge is 2.31. The lowest BCUT2D eigenvalue weighted by atomic mass is 9.97. The standard InChI is InChI=1S/C22H30N4O4/c1-28-18-6-3-15(13-19(18)29-2)7-10-23-20(27)14-26-11-8-17(9-12-26)22-25-24-21(30-22)16-4-5-16/h3,6,13,16-17H,4-5,7-12,14H2,1-2H3,(H,23,27). The van der Waals surface area contributed by atoms with Gasteiger partial charge in [0.25, 0.3) is 0 Å². The molecule has 1 aromatic heterocycles. The molecule has 0 spiro atoms. The molecule has 1 aliphatic heterocycles. The Kier molecular flexibility index (Phi) is 6.52. The maximum absolute atomic E-state index is 12.3. The van der Waals surface area contributed by atoms with E-state index in [0.29, 0.717) is 36.4 Å². The summed E-state index contributed by atoms with van der Waals surface area (Å²) in [5.74, 6) is 3.86. The maximum Gasteiger partial charge on any atom is 0.234 e. The lowest BCUT2D eigenvalue weighted by molar-refractivity contribution is -0.122. The highest BCUT2D eigenvalue weighted by atomic mass is 16.5. The molecule has 2 aliphatic rings. The molecule has 0 atom stereocenters. The molecule has 1 aromatic carbocycles. The number of hydrogen-bond acceptors (Lipinski definition) is 7. The van der Waals surface area contributed by atoms with Crippen molar-refractivity contribution in [1.29, 1.82) is 0 Å². The summed E-state index contributed by atoms with van der Waals surface area (Å²) in [6.07, 6.45) is 4.98. The van der Waals surface area contributed by atoms with E-state index in [9.17, 15) is 4.79 Å². The summed E-state index contributed by atoms with van der Waals surface area (Å²) in [6, 6.07) is 5.82. The maximum atomic E-state index is 12.3. The molecule has 1 amide bonds. The molecular weight excluding hydrogens is 384 g/mol. The van der Waals surface area contributed by atoms with E-state index in [1.165, 1.54) is 12.8 Å². The number of hydrogen-bond donors (Lipinski definition) is 1. The Morgan fingerprint density at radius 1 is 1.07 bits per heavy atom. The highest BCUT2D eigenvalue weighted by molar-refractivity contribution is 5.78. The first kappa shape index (κ1) is 20.7. The number of methoxy groups -OCH3 is 2. The SMILES string of the molecule is COc1ccc(CCNC(=O)CN2CCC(c3nnc(C4CC4)o3)CC2)cc1OC. The summed E-state index contributed by atoms with van der Waals surface area (Å²) in [6.45, 7) is 2.76. The molecular formula is C22H30N4O4. The first-order valence-electron chi connectivity index (χ1n) is 10.7. The average molecular weight is 415 g/mol. The number of likely N-dealkylation sites (tertiary alicyclic amines) is 1. The van der Waals surface area contributed by atoms with E-state index in [1.807, 2.05) is 18.2 Å². The fraction of sp³-hybridized carbons (Fsp3) is 0.591. The van der Waals surface area contributed by atoms with E-state index in [0.717, 1.165) is 49.7 Å². The Balaban J connectivity index is 1.17. The van der Waals surface area contributed by atoms with Crippen LogP contribution in [0, 0.1) is 0 Å². The predicted octanol–water partition coefficient (Wildman–Crippen LogP) is 2.50. The largest absolute Gasteiger partial charge is 0.493 e. The van der Waals surface area contributed by atoms with Crippen LogP contribution in [0.4, 0.5) is 0 Å². The van der Waals surface area contributed by atoms with Gasteiger partial charge in [-0.3, -0.25) is 9.69 Å². The lowest BCUT2D eigenvalue weighted by Crippen LogP contribution is -2.41. The second kappa shape index (κ2) is 9.47. The molecule has 4 rings (SSSR count). The number of carbonyl (C=O) groups is 1. The summed E-state index contributed by atoms with van der Waals surface area (Å²) >= 11 is 0. The van der Waals surface area contributed by atoms with Gasteiger partial charge in [0, 0.05) is 18.4 Å². The van der Waals surface area contributed by atoms with E-state index in [2.05, 4.69) is 20.4 Å². The molecule has 0 unspecified atom stereocenters. The van der Waals surface area contributed by atoms with Crippen LogP contribution in [0.15, 0.2) is 22.6 Å². The van der Waals surface area contributed by atoms with Crippen LogP contribution in [-0.2, 0) is 11.2 Å². The Bertz CT molecular complexity index is 857. The van der Waals surface area contributed by atoms with Crippen molar-refractivity contribution < 1.29 is 18.7 Å². The molecule has 1 aliphatic carbocycles. The molecule has 162 valence electrons. The average Bonchev–Trinajstić information content (AvgIpc) is 3.51. The van der Waals surface area contributed by atoms with Gasteiger partial charge in [0.05, 0.1) is 20.8 Å². The van der Waals surface area contributed by atoms with Crippen LogP contribution in [0.3, 0.4) is 0 Å². The smallest absolute Gasteiger partial charge is 0.234 e. The normalized spacial score (nSPS) is 17.7. The van der Waals surface area contributed by atoms with Crippen molar-refractivity contribution in [2.75, 3.05) is 40.4 Å². The van der Waals surface area contributed by atoms with Gasteiger partial charge in [-0.1, -0.05) is 6.07 Å². The van der Waals surface area contributed by atoms with Gasteiger partial charge in [-0.05, 0) is 62.9 Å².